The third-order valence-electron chi connectivity index (χ3n) is 3.51. The van der Waals surface area contributed by atoms with Crippen molar-refractivity contribution in [3.05, 3.63) is 46.2 Å². The number of benzene rings is 1. The van der Waals surface area contributed by atoms with Gasteiger partial charge in [-0.2, -0.15) is 0 Å². The molecule has 1 heterocycles. The molecule has 1 aromatic heterocycles. The predicted molar refractivity (Wildman–Crippen MR) is 95.1 cm³/mol. The molecule has 25 heavy (non-hydrogen) atoms. The molecule has 2 aromatic rings. The standard InChI is InChI=1S/C18H21NO5S/c1-12(16-5-4-8-25-16)19-17(20)11-24-18(21)10-13-6-7-14(22-2)15(9-13)23-3/h4-9,12H,10-11H2,1-3H3,(H,19,20)/t12-/m1/s1. The molecular weight excluding hydrogens is 342 g/mol. The van der Waals surface area contributed by atoms with Crippen LogP contribution in [0.2, 0.25) is 0 Å². The van der Waals surface area contributed by atoms with Gasteiger partial charge in [0, 0.05) is 4.88 Å². The summed E-state index contributed by atoms with van der Waals surface area (Å²) in [6, 6.07) is 8.93. The summed E-state index contributed by atoms with van der Waals surface area (Å²) in [6.07, 6.45) is 0.0497. The van der Waals surface area contributed by atoms with E-state index in [2.05, 4.69) is 5.32 Å². The maximum atomic E-state index is 11.9. The largest absolute Gasteiger partial charge is 0.493 e. The van der Waals surface area contributed by atoms with E-state index >= 15 is 0 Å². The minimum Gasteiger partial charge on any atom is -0.493 e. The Morgan fingerprint density at radius 2 is 1.92 bits per heavy atom. The van der Waals surface area contributed by atoms with Crippen LogP contribution in [0.15, 0.2) is 35.7 Å². The molecule has 0 saturated heterocycles. The lowest BCUT2D eigenvalue weighted by molar-refractivity contribution is -0.148. The average Bonchev–Trinajstić information content (AvgIpc) is 3.14. The van der Waals surface area contributed by atoms with Crippen molar-refractivity contribution in [3.63, 3.8) is 0 Å². The van der Waals surface area contributed by atoms with Gasteiger partial charge in [0.25, 0.3) is 5.91 Å². The quantitative estimate of drug-likeness (QED) is 0.730. The zero-order valence-electron chi connectivity index (χ0n) is 14.4. The highest BCUT2D eigenvalue weighted by molar-refractivity contribution is 7.10. The van der Waals surface area contributed by atoms with Gasteiger partial charge in [-0.25, -0.2) is 0 Å². The van der Waals surface area contributed by atoms with Crippen LogP contribution in [0, 0.1) is 0 Å². The summed E-state index contributed by atoms with van der Waals surface area (Å²) in [5, 5.41) is 4.74. The molecule has 0 bridgehead atoms. The van der Waals surface area contributed by atoms with Crippen LogP contribution in [0.5, 0.6) is 11.5 Å². The molecule has 0 aliphatic heterocycles. The average molecular weight is 363 g/mol. The van der Waals surface area contributed by atoms with Gasteiger partial charge in [-0.3, -0.25) is 9.59 Å². The molecule has 0 aliphatic carbocycles. The molecule has 6 nitrogen and oxygen atoms in total. The van der Waals surface area contributed by atoms with E-state index in [-0.39, 0.29) is 25.0 Å². The first kappa shape index (κ1) is 18.8. The predicted octanol–water partition coefficient (Wildman–Crippen LogP) is 2.73. The van der Waals surface area contributed by atoms with Crippen LogP contribution >= 0.6 is 11.3 Å². The molecule has 0 saturated carbocycles. The lowest BCUT2D eigenvalue weighted by Gasteiger charge is -2.12. The highest BCUT2D eigenvalue weighted by Crippen LogP contribution is 2.27. The van der Waals surface area contributed by atoms with Crippen molar-refractivity contribution in [1.29, 1.82) is 0 Å². The zero-order chi connectivity index (χ0) is 18.2. The number of hydrogen-bond acceptors (Lipinski definition) is 6. The van der Waals surface area contributed by atoms with Gasteiger partial charge in [0.1, 0.15) is 0 Å². The third kappa shape index (κ3) is 5.49. The highest BCUT2D eigenvalue weighted by atomic mass is 32.1. The number of rotatable bonds is 8. The Labute approximate surface area is 150 Å². The Balaban J connectivity index is 1.81. The van der Waals surface area contributed by atoms with Gasteiger partial charge in [-0.1, -0.05) is 12.1 Å². The van der Waals surface area contributed by atoms with E-state index in [9.17, 15) is 9.59 Å². The second-order valence-electron chi connectivity index (χ2n) is 5.33. The van der Waals surface area contributed by atoms with Crippen LogP contribution in [0.1, 0.15) is 23.4 Å². The Kier molecular flexibility index (Phi) is 6.82. The van der Waals surface area contributed by atoms with Crippen molar-refractivity contribution >= 4 is 23.2 Å². The van der Waals surface area contributed by atoms with Gasteiger partial charge in [-0.05, 0) is 36.1 Å². The molecule has 7 heteroatoms. The minimum atomic E-state index is -0.480. The number of hydrogen-bond donors (Lipinski definition) is 1. The molecular formula is C18H21NO5S. The lowest BCUT2D eigenvalue weighted by atomic mass is 10.1. The van der Waals surface area contributed by atoms with Crippen molar-refractivity contribution < 1.29 is 23.8 Å². The van der Waals surface area contributed by atoms with Gasteiger partial charge < -0.3 is 19.5 Å². The molecule has 1 amide bonds. The summed E-state index contributed by atoms with van der Waals surface area (Å²) in [6.45, 7) is 1.58. The van der Waals surface area contributed by atoms with Crippen molar-refractivity contribution in [3.8, 4) is 11.5 Å². The van der Waals surface area contributed by atoms with Crippen molar-refractivity contribution in [1.82, 2.24) is 5.32 Å². The number of nitrogens with one attached hydrogen (secondary N) is 1. The molecule has 1 N–H and O–H groups in total. The first-order chi connectivity index (χ1) is 12.0. The molecule has 0 fully saturated rings. The van der Waals surface area contributed by atoms with Crippen LogP contribution < -0.4 is 14.8 Å². The summed E-state index contributed by atoms with van der Waals surface area (Å²) in [5.41, 5.74) is 0.718. The topological polar surface area (TPSA) is 73.9 Å². The second-order valence-corrected chi connectivity index (χ2v) is 6.31. The fourth-order valence-corrected chi connectivity index (χ4v) is 2.98. The maximum absolute atomic E-state index is 11.9. The van der Waals surface area contributed by atoms with Crippen LogP contribution in [-0.4, -0.2) is 32.7 Å². The maximum Gasteiger partial charge on any atom is 0.310 e. The number of esters is 1. The summed E-state index contributed by atoms with van der Waals surface area (Å²) < 4.78 is 15.4. The van der Waals surface area contributed by atoms with E-state index in [1.165, 1.54) is 7.11 Å². The minimum absolute atomic E-state index is 0.0497. The lowest BCUT2D eigenvalue weighted by Crippen LogP contribution is -2.31. The fraction of sp³-hybridized carbons (Fsp3) is 0.333. The van der Waals surface area contributed by atoms with Crippen molar-refractivity contribution in [2.45, 2.75) is 19.4 Å². The molecule has 1 atom stereocenters. The number of ether oxygens (including phenoxy) is 3. The van der Waals surface area contributed by atoms with Crippen LogP contribution in [-0.2, 0) is 20.7 Å². The molecule has 0 unspecified atom stereocenters. The fourth-order valence-electron chi connectivity index (χ4n) is 2.25. The summed E-state index contributed by atoms with van der Waals surface area (Å²) >= 11 is 1.56. The van der Waals surface area contributed by atoms with Crippen molar-refractivity contribution in [2.75, 3.05) is 20.8 Å². The van der Waals surface area contributed by atoms with E-state index in [4.69, 9.17) is 14.2 Å². The Morgan fingerprint density at radius 1 is 1.16 bits per heavy atom. The van der Waals surface area contributed by atoms with Gasteiger partial charge in [0.2, 0.25) is 0 Å². The first-order valence-electron chi connectivity index (χ1n) is 7.72. The van der Waals surface area contributed by atoms with Gasteiger partial charge in [0.05, 0.1) is 26.7 Å². The van der Waals surface area contributed by atoms with E-state index in [0.717, 1.165) is 10.4 Å². The third-order valence-corrected chi connectivity index (χ3v) is 4.56. The summed E-state index contributed by atoms with van der Waals surface area (Å²) in [4.78, 5) is 24.8. The Bertz CT molecular complexity index is 714. The molecule has 134 valence electrons. The van der Waals surface area contributed by atoms with Crippen LogP contribution in [0.3, 0.4) is 0 Å². The number of amides is 1. The van der Waals surface area contributed by atoms with Gasteiger partial charge in [-0.15, -0.1) is 11.3 Å². The van der Waals surface area contributed by atoms with Gasteiger partial charge >= 0.3 is 5.97 Å². The smallest absolute Gasteiger partial charge is 0.310 e. The first-order valence-corrected chi connectivity index (χ1v) is 8.60. The van der Waals surface area contributed by atoms with E-state index in [1.807, 2.05) is 24.4 Å². The Hall–Kier alpha value is -2.54. The number of carbonyl (C=O) groups is 2. The number of thiophene rings is 1. The second kappa shape index (κ2) is 9.08. The molecule has 0 radical (unpaired) electrons. The SMILES string of the molecule is COc1ccc(CC(=O)OCC(=O)N[C@H](C)c2cccs2)cc1OC. The highest BCUT2D eigenvalue weighted by Gasteiger charge is 2.14. The van der Waals surface area contributed by atoms with E-state index < -0.39 is 5.97 Å². The van der Waals surface area contributed by atoms with E-state index in [1.54, 1.807) is 36.6 Å². The number of carbonyl (C=O) groups excluding carboxylic acids is 2. The molecule has 1 aromatic carbocycles. The normalized spacial score (nSPS) is 11.5. The zero-order valence-corrected chi connectivity index (χ0v) is 15.2. The van der Waals surface area contributed by atoms with Crippen LogP contribution in [0.4, 0.5) is 0 Å². The van der Waals surface area contributed by atoms with Gasteiger partial charge in [0.15, 0.2) is 18.1 Å². The molecule has 0 spiro atoms. The number of methoxy groups -OCH3 is 2. The Morgan fingerprint density at radius 3 is 2.56 bits per heavy atom. The van der Waals surface area contributed by atoms with Crippen LogP contribution in [0.25, 0.3) is 0 Å². The van der Waals surface area contributed by atoms with Crippen molar-refractivity contribution in [2.24, 2.45) is 0 Å². The van der Waals surface area contributed by atoms with E-state index in [0.29, 0.717) is 11.5 Å². The monoisotopic (exact) mass is 363 g/mol. The summed E-state index contributed by atoms with van der Waals surface area (Å²) in [7, 11) is 3.07. The summed E-state index contributed by atoms with van der Waals surface area (Å²) in [5.74, 6) is 0.310. The molecule has 2 rings (SSSR count). The molecule has 0 aliphatic rings.